The van der Waals surface area contributed by atoms with E-state index in [1.807, 2.05) is 6.08 Å². The molecule has 2 atom stereocenters. The lowest BCUT2D eigenvalue weighted by atomic mass is 10.0. The van der Waals surface area contributed by atoms with Gasteiger partial charge in [-0.05, 0) is 70.6 Å². The number of rotatable bonds is 51. The Bertz CT molecular complexity index is 985. The van der Waals surface area contributed by atoms with Crippen LogP contribution in [0.1, 0.15) is 296 Å². The molecule has 1 amide bonds. The van der Waals surface area contributed by atoms with Crippen molar-refractivity contribution in [1.29, 1.82) is 0 Å². The van der Waals surface area contributed by atoms with Crippen LogP contribution in [0.15, 0.2) is 48.6 Å². The molecule has 3 N–H and O–H groups in total. The maximum atomic E-state index is 12.4. The van der Waals surface area contributed by atoms with Crippen LogP contribution >= 0.6 is 0 Å². The van der Waals surface area contributed by atoms with Crippen molar-refractivity contribution in [2.45, 2.75) is 309 Å². The number of amides is 1. The molecule has 0 aliphatic carbocycles. The van der Waals surface area contributed by atoms with Gasteiger partial charge in [-0.1, -0.05) is 268 Å². The van der Waals surface area contributed by atoms with Gasteiger partial charge in [0, 0.05) is 6.42 Å². The Morgan fingerprint density at radius 3 is 0.935 bits per heavy atom. The normalized spacial score (nSPS) is 13.2. The highest BCUT2D eigenvalue weighted by molar-refractivity contribution is 5.76. The molecule has 2 unspecified atom stereocenters. The van der Waals surface area contributed by atoms with Gasteiger partial charge in [0.25, 0.3) is 0 Å². The molecule has 0 saturated heterocycles. The number of unbranched alkanes of at least 4 members (excludes halogenated alkanes) is 38. The van der Waals surface area contributed by atoms with Gasteiger partial charge >= 0.3 is 0 Å². The Morgan fingerprint density at radius 2 is 0.629 bits per heavy atom. The first-order valence-corrected chi connectivity index (χ1v) is 27.9. The predicted molar refractivity (Wildman–Crippen MR) is 276 cm³/mol. The van der Waals surface area contributed by atoms with E-state index in [0.29, 0.717) is 6.42 Å². The zero-order chi connectivity index (χ0) is 44.9. The Balaban J connectivity index is 3.44. The van der Waals surface area contributed by atoms with E-state index < -0.39 is 12.1 Å². The second-order valence-corrected chi connectivity index (χ2v) is 19.0. The summed E-state index contributed by atoms with van der Waals surface area (Å²) in [6.45, 7) is 4.29. The molecule has 4 heteroatoms. The highest BCUT2D eigenvalue weighted by Gasteiger charge is 2.18. The van der Waals surface area contributed by atoms with E-state index >= 15 is 0 Å². The summed E-state index contributed by atoms with van der Waals surface area (Å²) in [6, 6.07) is -0.644. The molecule has 0 saturated carbocycles. The number of aliphatic hydroxyl groups is 2. The lowest BCUT2D eigenvalue weighted by Crippen LogP contribution is -2.45. The van der Waals surface area contributed by atoms with E-state index in [9.17, 15) is 15.0 Å². The van der Waals surface area contributed by atoms with Crippen molar-refractivity contribution >= 4 is 5.91 Å². The minimum absolute atomic E-state index is 0.0745. The fourth-order valence-electron chi connectivity index (χ4n) is 8.50. The second kappa shape index (κ2) is 53.7. The number of nitrogens with one attached hydrogen (secondary N) is 1. The Hall–Kier alpha value is -1.65. The molecule has 0 aromatic rings. The zero-order valence-electron chi connectivity index (χ0n) is 41.9. The number of carbonyl (C=O) groups is 1. The molecule has 0 bridgehead atoms. The summed E-state index contributed by atoms with van der Waals surface area (Å²) in [7, 11) is 0. The van der Waals surface area contributed by atoms with Crippen LogP contribution < -0.4 is 5.32 Å². The number of hydrogen-bond donors (Lipinski definition) is 3. The lowest BCUT2D eigenvalue weighted by molar-refractivity contribution is -0.123. The van der Waals surface area contributed by atoms with Gasteiger partial charge in [-0.15, -0.1) is 0 Å². The van der Waals surface area contributed by atoms with Gasteiger partial charge in [-0.3, -0.25) is 4.79 Å². The maximum absolute atomic E-state index is 12.4. The Morgan fingerprint density at radius 1 is 0.371 bits per heavy atom. The average molecular weight is 869 g/mol. The average Bonchev–Trinajstić information content (AvgIpc) is 3.28. The molecule has 0 radical (unpaired) electrons. The Labute approximate surface area is 388 Å². The van der Waals surface area contributed by atoms with E-state index in [1.54, 1.807) is 6.08 Å². The first-order valence-electron chi connectivity index (χ1n) is 27.9. The summed E-state index contributed by atoms with van der Waals surface area (Å²) in [5.41, 5.74) is 0. The first kappa shape index (κ1) is 60.4. The van der Waals surface area contributed by atoms with Gasteiger partial charge in [-0.2, -0.15) is 0 Å². The van der Waals surface area contributed by atoms with Crippen LogP contribution in [0.5, 0.6) is 0 Å². The van der Waals surface area contributed by atoms with E-state index in [2.05, 4.69) is 55.6 Å². The molecular formula is C58H109NO3. The smallest absolute Gasteiger partial charge is 0.220 e. The largest absolute Gasteiger partial charge is 0.394 e. The monoisotopic (exact) mass is 868 g/mol. The summed E-state index contributed by atoms with van der Waals surface area (Å²) < 4.78 is 0. The molecule has 0 spiro atoms. The van der Waals surface area contributed by atoms with Crippen LogP contribution in [0.2, 0.25) is 0 Å². The van der Waals surface area contributed by atoms with Crippen molar-refractivity contribution < 1.29 is 15.0 Å². The SMILES string of the molecule is CCCCCCC/C=C/CC/C=C/CC/C=C/C(O)C(CO)NC(=O)CCCCCCCCCCCCCCCCCCCCCCCCC/C=C\CCCCCCCCCC. The molecule has 4 nitrogen and oxygen atoms in total. The molecule has 364 valence electrons. The molecule has 0 aromatic carbocycles. The highest BCUT2D eigenvalue weighted by Crippen LogP contribution is 2.17. The highest BCUT2D eigenvalue weighted by atomic mass is 16.3. The second-order valence-electron chi connectivity index (χ2n) is 19.0. The summed E-state index contributed by atoms with van der Waals surface area (Å²) in [6.07, 6.45) is 74.3. The molecule has 62 heavy (non-hydrogen) atoms. The number of allylic oxidation sites excluding steroid dienone is 7. The lowest BCUT2D eigenvalue weighted by Gasteiger charge is -2.19. The molecular weight excluding hydrogens is 759 g/mol. The standard InChI is InChI=1S/C58H109NO3/c1-3-5-7-9-11-13-15-17-19-20-21-22-23-24-25-26-27-28-29-30-31-32-33-34-35-36-37-38-40-42-44-46-48-50-52-54-58(62)59-56(55-60)57(61)53-51-49-47-45-43-41-39-18-16-14-12-10-8-6-4-2/h16,18,20-21,43,45,51,53,56-57,60-61H,3-15,17,19,22-42,44,46-50,52,54-55H2,1-2H3,(H,59,62)/b18-16+,21-20-,45-43+,53-51+. The van der Waals surface area contributed by atoms with Gasteiger partial charge in [0.15, 0.2) is 0 Å². The number of aliphatic hydroxyl groups excluding tert-OH is 2. The van der Waals surface area contributed by atoms with Gasteiger partial charge in [0.1, 0.15) is 0 Å². The molecule has 0 heterocycles. The minimum atomic E-state index is -0.869. The van der Waals surface area contributed by atoms with E-state index in [4.69, 9.17) is 0 Å². The number of hydrogen-bond acceptors (Lipinski definition) is 3. The molecule has 0 rings (SSSR count). The molecule has 0 aromatic heterocycles. The van der Waals surface area contributed by atoms with Crippen molar-refractivity contribution in [2.24, 2.45) is 0 Å². The molecule has 0 fully saturated rings. The Kier molecular flexibility index (Phi) is 52.3. The fraction of sp³-hybridized carbons (Fsp3) is 0.845. The van der Waals surface area contributed by atoms with Gasteiger partial charge in [0.05, 0.1) is 18.8 Å². The van der Waals surface area contributed by atoms with Crippen LogP contribution in [-0.4, -0.2) is 34.9 Å². The molecule has 0 aliphatic rings. The summed E-state index contributed by atoms with van der Waals surface area (Å²) in [5, 5.41) is 23.0. The van der Waals surface area contributed by atoms with Crippen LogP contribution in [0.4, 0.5) is 0 Å². The van der Waals surface area contributed by atoms with E-state index in [-0.39, 0.29) is 12.5 Å². The topological polar surface area (TPSA) is 69.6 Å². The van der Waals surface area contributed by atoms with Crippen LogP contribution in [0.25, 0.3) is 0 Å². The van der Waals surface area contributed by atoms with Crippen LogP contribution in [0, 0.1) is 0 Å². The minimum Gasteiger partial charge on any atom is -0.394 e. The predicted octanol–water partition coefficient (Wildman–Crippen LogP) is 18.3. The van der Waals surface area contributed by atoms with Crippen LogP contribution in [0.3, 0.4) is 0 Å². The van der Waals surface area contributed by atoms with Crippen LogP contribution in [-0.2, 0) is 4.79 Å². The summed E-state index contributed by atoms with van der Waals surface area (Å²) >= 11 is 0. The number of carbonyl (C=O) groups excluding carboxylic acids is 1. The maximum Gasteiger partial charge on any atom is 0.220 e. The van der Waals surface area contributed by atoms with Crippen molar-refractivity contribution in [2.75, 3.05) is 6.61 Å². The van der Waals surface area contributed by atoms with Gasteiger partial charge < -0.3 is 15.5 Å². The van der Waals surface area contributed by atoms with Crippen molar-refractivity contribution in [3.05, 3.63) is 48.6 Å². The van der Waals surface area contributed by atoms with Gasteiger partial charge in [-0.25, -0.2) is 0 Å². The fourth-order valence-corrected chi connectivity index (χ4v) is 8.50. The van der Waals surface area contributed by atoms with Crippen molar-refractivity contribution in [3.63, 3.8) is 0 Å². The third-order valence-corrected chi connectivity index (χ3v) is 12.8. The van der Waals surface area contributed by atoms with Crippen molar-refractivity contribution in [3.8, 4) is 0 Å². The summed E-state index contributed by atoms with van der Waals surface area (Å²) in [5.74, 6) is -0.0745. The zero-order valence-corrected chi connectivity index (χ0v) is 41.9. The van der Waals surface area contributed by atoms with E-state index in [1.165, 1.54) is 238 Å². The third-order valence-electron chi connectivity index (χ3n) is 12.8. The van der Waals surface area contributed by atoms with Crippen molar-refractivity contribution in [1.82, 2.24) is 5.32 Å². The van der Waals surface area contributed by atoms with E-state index in [0.717, 1.165) is 38.5 Å². The quantitative estimate of drug-likeness (QED) is 0.0421. The van der Waals surface area contributed by atoms with Gasteiger partial charge in [0.2, 0.25) is 5.91 Å². The summed E-state index contributed by atoms with van der Waals surface area (Å²) in [4.78, 5) is 12.4. The third kappa shape index (κ3) is 49.4. The first-order chi connectivity index (χ1) is 30.7. The molecule has 0 aliphatic heterocycles.